The minimum absolute atomic E-state index is 0.358. The highest BCUT2D eigenvalue weighted by atomic mass is 16.5. The van der Waals surface area contributed by atoms with Crippen LogP contribution in [-0.4, -0.2) is 24.9 Å². The highest BCUT2D eigenvalue weighted by Gasteiger charge is 2.19. The van der Waals surface area contributed by atoms with Crippen molar-refractivity contribution in [3.63, 3.8) is 0 Å². The topological polar surface area (TPSA) is 29.5 Å². The van der Waals surface area contributed by atoms with Crippen molar-refractivity contribution in [3.8, 4) is 0 Å². The Balaban J connectivity index is 2.17. The van der Waals surface area contributed by atoms with E-state index < -0.39 is 0 Å². The molecule has 0 heterocycles. The summed E-state index contributed by atoms with van der Waals surface area (Å²) in [5, 5.41) is 8.81. The van der Waals surface area contributed by atoms with E-state index in [4.69, 9.17) is 9.84 Å². The maximum Gasteiger partial charge on any atom is 0.0571 e. The van der Waals surface area contributed by atoms with Crippen LogP contribution in [0.3, 0.4) is 0 Å². The molecule has 0 aliphatic heterocycles. The zero-order chi connectivity index (χ0) is 7.40. The Bertz CT molecular complexity index is 73.3. The van der Waals surface area contributed by atoms with Crippen LogP contribution in [0.2, 0.25) is 0 Å². The molecule has 0 spiro atoms. The Kier molecular flexibility index (Phi) is 3.16. The van der Waals surface area contributed by atoms with Gasteiger partial charge in [-0.25, -0.2) is 0 Å². The molecule has 10 heavy (non-hydrogen) atoms. The molecule has 0 saturated heterocycles. The number of ether oxygens (including phenoxy) is 1. The zero-order valence-corrected chi connectivity index (χ0v) is 6.55. The molecule has 1 rings (SSSR count). The largest absolute Gasteiger partial charge is 0.396 e. The van der Waals surface area contributed by atoms with Crippen molar-refractivity contribution in [2.45, 2.75) is 31.8 Å². The van der Waals surface area contributed by atoms with Gasteiger partial charge in [-0.2, -0.15) is 0 Å². The summed E-state index contributed by atoms with van der Waals surface area (Å²) >= 11 is 0. The van der Waals surface area contributed by atoms with E-state index in [2.05, 4.69) is 0 Å². The third-order valence-corrected chi connectivity index (χ3v) is 2.39. The van der Waals surface area contributed by atoms with E-state index in [0.29, 0.717) is 18.6 Å². The van der Waals surface area contributed by atoms with Crippen molar-refractivity contribution in [3.05, 3.63) is 0 Å². The van der Waals surface area contributed by atoms with Gasteiger partial charge >= 0.3 is 0 Å². The Labute approximate surface area is 62.2 Å². The first-order valence-electron chi connectivity index (χ1n) is 4.00. The van der Waals surface area contributed by atoms with Crippen molar-refractivity contribution in [2.24, 2.45) is 5.92 Å². The lowest BCUT2D eigenvalue weighted by Gasteiger charge is -2.25. The van der Waals surface area contributed by atoms with Crippen LogP contribution in [0, 0.1) is 5.92 Å². The molecule has 0 aromatic carbocycles. The molecular formula is C8H16O2. The van der Waals surface area contributed by atoms with Crippen LogP contribution in [0.5, 0.6) is 0 Å². The second-order valence-electron chi connectivity index (χ2n) is 3.06. The van der Waals surface area contributed by atoms with Crippen molar-refractivity contribution < 1.29 is 9.84 Å². The van der Waals surface area contributed by atoms with Crippen LogP contribution in [-0.2, 0) is 4.74 Å². The molecule has 0 radical (unpaired) electrons. The van der Waals surface area contributed by atoms with Gasteiger partial charge in [-0.15, -0.1) is 0 Å². The van der Waals surface area contributed by atoms with Crippen LogP contribution in [0.15, 0.2) is 0 Å². The van der Waals surface area contributed by atoms with Gasteiger partial charge in [0, 0.05) is 13.7 Å². The molecule has 1 saturated carbocycles. The first-order chi connectivity index (χ1) is 4.86. The highest BCUT2D eigenvalue weighted by molar-refractivity contribution is 4.71. The number of hydrogen-bond acceptors (Lipinski definition) is 2. The molecule has 1 N–H and O–H groups in total. The number of hydrogen-bond donors (Lipinski definition) is 1. The molecule has 0 atom stereocenters. The van der Waals surface area contributed by atoms with Crippen molar-refractivity contribution >= 4 is 0 Å². The minimum atomic E-state index is 0.358. The standard InChI is InChI=1S/C8H16O2/c1-10-8-4-2-7(6-9)3-5-8/h7-9H,2-6H2,1H3/t7-,8-. The van der Waals surface area contributed by atoms with E-state index in [1.54, 1.807) is 7.11 Å². The molecule has 2 heteroatoms. The third-order valence-electron chi connectivity index (χ3n) is 2.39. The van der Waals surface area contributed by atoms with Gasteiger partial charge in [-0.1, -0.05) is 0 Å². The second-order valence-corrected chi connectivity index (χ2v) is 3.06. The van der Waals surface area contributed by atoms with Crippen LogP contribution < -0.4 is 0 Å². The fourth-order valence-corrected chi connectivity index (χ4v) is 1.55. The molecule has 2 nitrogen and oxygen atoms in total. The second kappa shape index (κ2) is 3.94. The van der Waals surface area contributed by atoms with Gasteiger partial charge in [0.1, 0.15) is 0 Å². The highest BCUT2D eigenvalue weighted by Crippen LogP contribution is 2.24. The quantitative estimate of drug-likeness (QED) is 0.630. The summed E-state index contributed by atoms with van der Waals surface area (Å²) in [6.45, 7) is 0.358. The smallest absolute Gasteiger partial charge is 0.0571 e. The van der Waals surface area contributed by atoms with Crippen LogP contribution in [0.1, 0.15) is 25.7 Å². The summed E-state index contributed by atoms with van der Waals surface area (Å²) in [6, 6.07) is 0. The number of aliphatic hydroxyl groups excluding tert-OH is 1. The average Bonchev–Trinajstić information content (AvgIpc) is 2.05. The Hall–Kier alpha value is -0.0800. The van der Waals surface area contributed by atoms with Gasteiger partial charge in [0.2, 0.25) is 0 Å². The Morgan fingerprint density at radius 2 is 1.90 bits per heavy atom. The summed E-state index contributed by atoms with van der Waals surface area (Å²) in [4.78, 5) is 0. The van der Waals surface area contributed by atoms with E-state index in [1.807, 2.05) is 0 Å². The molecule has 0 bridgehead atoms. The third kappa shape index (κ3) is 1.96. The molecule has 60 valence electrons. The van der Waals surface area contributed by atoms with Gasteiger partial charge < -0.3 is 9.84 Å². The van der Waals surface area contributed by atoms with Gasteiger partial charge in [-0.05, 0) is 31.6 Å². The summed E-state index contributed by atoms with van der Waals surface area (Å²) in [6.07, 6.45) is 4.98. The molecule has 0 aromatic rings. The predicted molar refractivity (Wildman–Crippen MR) is 39.8 cm³/mol. The Morgan fingerprint density at radius 1 is 1.30 bits per heavy atom. The summed E-state index contributed by atoms with van der Waals surface area (Å²) in [7, 11) is 1.77. The van der Waals surface area contributed by atoms with E-state index >= 15 is 0 Å². The van der Waals surface area contributed by atoms with Crippen molar-refractivity contribution in [2.75, 3.05) is 13.7 Å². The average molecular weight is 144 g/mol. The van der Waals surface area contributed by atoms with Gasteiger partial charge in [0.05, 0.1) is 6.10 Å². The van der Waals surface area contributed by atoms with E-state index in [1.165, 1.54) is 0 Å². The van der Waals surface area contributed by atoms with E-state index in [9.17, 15) is 0 Å². The summed E-state index contributed by atoms with van der Waals surface area (Å²) < 4.78 is 5.20. The molecule has 0 unspecified atom stereocenters. The van der Waals surface area contributed by atoms with Crippen LogP contribution >= 0.6 is 0 Å². The first-order valence-corrected chi connectivity index (χ1v) is 4.00. The monoisotopic (exact) mass is 144 g/mol. The maximum absolute atomic E-state index is 8.81. The Morgan fingerprint density at radius 3 is 2.30 bits per heavy atom. The van der Waals surface area contributed by atoms with E-state index in [0.717, 1.165) is 25.7 Å². The van der Waals surface area contributed by atoms with Crippen LogP contribution in [0.4, 0.5) is 0 Å². The lowest BCUT2D eigenvalue weighted by Crippen LogP contribution is -2.21. The lowest BCUT2D eigenvalue weighted by atomic mass is 9.88. The summed E-state index contributed by atoms with van der Waals surface area (Å²) in [5.74, 6) is 0.548. The molecule has 1 fully saturated rings. The number of aliphatic hydroxyl groups is 1. The summed E-state index contributed by atoms with van der Waals surface area (Å²) in [5.41, 5.74) is 0. The minimum Gasteiger partial charge on any atom is -0.396 e. The van der Waals surface area contributed by atoms with Gasteiger partial charge in [-0.3, -0.25) is 0 Å². The normalized spacial score (nSPS) is 34.2. The zero-order valence-electron chi connectivity index (χ0n) is 6.55. The molecule has 1 aliphatic carbocycles. The fraction of sp³-hybridized carbons (Fsp3) is 1.00. The maximum atomic E-state index is 8.81. The first kappa shape index (κ1) is 8.02. The SMILES string of the molecule is CO[C@H]1CC[C@H](CO)CC1. The van der Waals surface area contributed by atoms with Crippen molar-refractivity contribution in [1.29, 1.82) is 0 Å². The van der Waals surface area contributed by atoms with Gasteiger partial charge in [0.15, 0.2) is 0 Å². The molecular weight excluding hydrogens is 128 g/mol. The number of methoxy groups -OCH3 is 1. The molecule has 0 aromatic heterocycles. The molecule has 1 aliphatic rings. The van der Waals surface area contributed by atoms with E-state index in [-0.39, 0.29) is 0 Å². The van der Waals surface area contributed by atoms with Gasteiger partial charge in [0.25, 0.3) is 0 Å². The fourth-order valence-electron chi connectivity index (χ4n) is 1.55. The molecule has 0 amide bonds. The lowest BCUT2D eigenvalue weighted by molar-refractivity contribution is 0.0457. The number of rotatable bonds is 2. The predicted octanol–water partition coefficient (Wildman–Crippen LogP) is 1.18. The van der Waals surface area contributed by atoms with Crippen LogP contribution in [0.25, 0.3) is 0 Å². The van der Waals surface area contributed by atoms with Crippen molar-refractivity contribution in [1.82, 2.24) is 0 Å².